The summed E-state index contributed by atoms with van der Waals surface area (Å²) < 4.78 is 8.90. The molecule has 7 aromatic rings. The first kappa shape index (κ1) is 23.4. The fraction of sp³-hybridized carbons (Fsp3) is 0.0526. The molecule has 0 bridgehead atoms. The zero-order valence-electron chi connectivity index (χ0n) is 22.8. The van der Waals surface area contributed by atoms with E-state index in [1.807, 2.05) is 6.07 Å². The molecule has 0 amide bonds. The standard InChI is InChI=1S/C38H27N3O/c1-2-10-24(11-3-1)25-18-20-26(21-19-25)36-29-13-4-7-15-31(29)39-38(40-36)41-32-16-8-5-14-30(32)35-33(41)23-22-28-27-12-6-9-17-34(27)42-37(28)35/h1-23,31,38-40H. The highest BCUT2D eigenvalue weighted by Gasteiger charge is 2.30. The predicted octanol–water partition coefficient (Wildman–Crippen LogP) is 8.92. The van der Waals surface area contributed by atoms with Gasteiger partial charge in [0, 0.05) is 21.9 Å². The van der Waals surface area contributed by atoms with Crippen LogP contribution in [0.2, 0.25) is 0 Å². The van der Waals surface area contributed by atoms with Gasteiger partial charge in [0.05, 0.1) is 22.5 Å². The average Bonchev–Trinajstić information content (AvgIpc) is 3.60. The van der Waals surface area contributed by atoms with Crippen LogP contribution in [-0.2, 0) is 0 Å². The first-order valence-corrected chi connectivity index (χ1v) is 14.4. The number of rotatable bonds is 3. The van der Waals surface area contributed by atoms with Crippen LogP contribution in [0.25, 0.3) is 60.6 Å². The van der Waals surface area contributed by atoms with E-state index in [4.69, 9.17) is 4.42 Å². The smallest absolute Gasteiger partial charge is 0.160 e. The minimum atomic E-state index is -0.178. The van der Waals surface area contributed by atoms with Crippen molar-refractivity contribution < 1.29 is 4.42 Å². The van der Waals surface area contributed by atoms with Crippen LogP contribution in [-0.4, -0.2) is 10.6 Å². The van der Waals surface area contributed by atoms with E-state index in [2.05, 4.69) is 149 Å². The minimum absolute atomic E-state index is 0.0798. The summed E-state index contributed by atoms with van der Waals surface area (Å²) in [5.41, 5.74) is 10.1. The van der Waals surface area contributed by atoms with Crippen molar-refractivity contribution in [3.05, 3.63) is 151 Å². The summed E-state index contributed by atoms with van der Waals surface area (Å²) in [6.07, 6.45) is 8.52. The largest absolute Gasteiger partial charge is 0.455 e. The number of para-hydroxylation sites is 2. The molecule has 1 aliphatic carbocycles. The lowest BCUT2D eigenvalue weighted by molar-refractivity contribution is 0.363. The molecule has 2 atom stereocenters. The Kier molecular flexibility index (Phi) is 5.07. The molecule has 2 aromatic heterocycles. The summed E-state index contributed by atoms with van der Waals surface area (Å²) in [6.45, 7) is 0. The van der Waals surface area contributed by atoms with E-state index in [1.165, 1.54) is 27.6 Å². The summed E-state index contributed by atoms with van der Waals surface area (Å²) in [4.78, 5) is 0. The Labute approximate surface area is 242 Å². The van der Waals surface area contributed by atoms with E-state index in [1.54, 1.807) is 0 Å². The molecule has 2 aliphatic rings. The van der Waals surface area contributed by atoms with E-state index >= 15 is 0 Å². The number of aromatic nitrogens is 1. The van der Waals surface area contributed by atoms with Gasteiger partial charge < -0.3 is 14.3 Å². The molecule has 0 spiro atoms. The molecule has 0 saturated heterocycles. The summed E-state index contributed by atoms with van der Waals surface area (Å²) >= 11 is 0. The normalized spacial score (nSPS) is 18.3. The summed E-state index contributed by atoms with van der Waals surface area (Å²) in [5, 5.41) is 12.4. The van der Waals surface area contributed by atoms with Gasteiger partial charge >= 0.3 is 0 Å². The van der Waals surface area contributed by atoms with Crippen molar-refractivity contribution in [1.82, 2.24) is 15.2 Å². The van der Waals surface area contributed by atoms with Crippen LogP contribution in [0, 0.1) is 0 Å². The van der Waals surface area contributed by atoms with E-state index in [-0.39, 0.29) is 12.3 Å². The molecule has 5 aromatic carbocycles. The fourth-order valence-corrected chi connectivity index (χ4v) is 6.75. The number of fused-ring (bicyclic) bond motifs is 8. The van der Waals surface area contributed by atoms with E-state index < -0.39 is 0 Å². The van der Waals surface area contributed by atoms with Crippen molar-refractivity contribution in [2.75, 3.05) is 0 Å². The predicted molar refractivity (Wildman–Crippen MR) is 173 cm³/mol. The molecule has 0 radical (unpaired) electrons. The third-order valence-electron chi connectivity index (χ3n) is 8.69. The maximum Gasteiger partial charge on any atom is 0.160 e. The van der Waals surface area contributed by atoms with Gasteiger partial charge in [0.15, 0.2) is 6.29 Å². The van der Waals surface area contributed by atoms with Gasteiger partial charge in [0.1, 0.15) is 11.2 Å². The average molecular weight is 542 g/mol. The van der Waals surface area contributed by atoms with Crippen molar-refractivity contribution in [2.24, 2.45) is 0 Å². The molecule has 1 aliphatic heterocycles. The molecule has 2 unspecified atom stereocenters. The van der Waals surface area contributed by atoms with Gasteiger partial charge in [-0.3, -0.25) is 5.32 Å². The third-order valence-corrected chi connectivity index (χ3v) is 8.69. The second kappa shape index (κ2) is 9.10. The quantitative estimate of drug-likeness (QED) is 0.235. The van der Waals surface area contributed by atoms with Gasteiger partial charge in [-0.15, -0.1) is 0 Å². The number of hydrogen-bond donors (Lipinski definition) is 2. The maximum atomic E-state index is 6.51. The SMILES string of the molecule is C1=CC2=C(c3ccc(-c4ccccc4)cc3)NC(n3c4ccccc4c4c5oc6ccccc6c5ccc43)NC2C=C1. The van der Waals surface area contributed by atoms with Crippen LogP contribution in [0.5, 0.6) is 0 Å². The summed E-state index contributed by atoms with van der Waals surface area (Å²) in [5.74, 6) is 0. The van der Waals surface area contributed by atoms with Crippen molar-refractivity contribution >= 4 is 49.4 Å². The van der Waals surface area contributed by atoms with Crippen LogP contribution < -0.4 is 10.6 Å². The molecule has 200 valence electrons. The first-order chi connectivity index (χ1) is 20.8. The first-order valence-electron chi connectivity index (χ1n) is 14.4. The molecule has 4 heteroatoms. The molecule has 3 heterocycles. The van der Waals surface area contributed by atoms with Crippen LogP contribution in [0.3, 0.4) is 0 Å². The molecular formula is C38H27N3O. The number of hydrogen-bond acceptors (Lipinski definition) is 3. The van der Waals surface area contributed by atoms with Gasteiger partial charge in [-0.05, 0) is 46.5 Å². The zero-order chi connectivity index (χ0) is 27.6. The Morgan fingerprint density at radius 3 is 2.21 bits per heavy atom. The second-order valence-corrected chi connectivity index (χ2v) is 11.0. The van der Waals surface area contributed by atoms with Gasteiger partial charge in [-0.1, -0.05) is 115 Å². The van der Waals surface area contributed by atoms with Crippen LogP contribution >= 0.6 is 0 Å². The van der Waals surface area contributed by atoms with Crippen molar-refractivity contribution in [3.8, 4) is 11.1 Å². The van der Waals surface area contributed by atoms with E-state index in [9.17, 15) is 0 Å². The van der Waals surface area contributed by atoms with Crippen LogP contribution in [0.4, 0.5) is 0 Å². The molecular weight excluding hydrogens is 514 g/mol. The number of allylic oxidation sites excluding steroid dienone is 2. The maximum absolute atomic E-state index is 6.51. The Balaban J connectivity index is 1.22. The second-order valence-electron chi connectivity index (χ2n) is 11.0. The van der Waals surface area contributed by atoms with Gasteiger partial charge in [0.2, 0.25) is 0 Å². The number of furan rings is 1. The lowest BCUT2D eigenvalue weighted by Crippen LogP contribution is -2.48. The van der Waals surface area contributed by atoms with E-state index in [0.717, 1.165) is 44.1 Å². The molecule has 2 N–H and O–H groups in total. The van der Waals surface area contributed by atoms with Crippen molar-refractivity contribution in [3.63, 3.8) is 0 Å². The molecule has 0 saturated carbocycles. The Morgan fingerprint density at radius 2 is 1.33 bits per heavy atom. The van der Waals surface area contributed by atoms with Crippen molar-refractivity contribution in [1.29, 1.82) is 0 Å². The Bertz CT molecular complexity index is 2250. The molecule has 9 rings (SSSR count). The zero-order valence-corrected chi connectivity index (χ0v) is 22.8. The van der Waals surface area contributed by atoms with Gasteiger partial charge in [-0.2, -0.15) is 0 Å². The third kappa shape index (κ3) is 3.46. The number of benzene rings is 5. The lowest BCUT2D eigenvalue weighted by Gasteiger charge is -2.37. The highest BCUT2D eigenvalue weighted by atomic mass is 16.3. The highest BCUT2D eigenvalue weighted by Crippen LogP contribution is 2.41. The topological polar surface area (TPSA) is 42.1 Å². The summed E-state index contributed by atoms with van der Waals surface area (Å²) in [6, 6.07) is 40.9. The highest BCUT2D eigenvalue weighted by molar-refractivity contribution is 6.23. The van der Waals surface area contributed by atoms with Gasteiger partial charge in [-0.25, -0.2) is 0 Å². The van der Waals surface area contributed by atoms with E-state index in [0.29, 0.717) is 0 Å². The number of nitrogens with one attached hydrogen (secondary N) is 2. The molecule has 42 heavy (non-hydrogen) atoms. The minimum Gasteiger partial charge on any atom is -0.455 e. The Hall–Kier alpha value is -5.32. The van der Waals surface area contributed by atoms with Crippen LogP contribution in [0.1, 0.15) is 11.9 Å². The molecule has 4 nitrogen and oxygen atoms in total. The van der Waals surface area contributed by atoms with Gasteiger partial charge in [0.25, 0.3) is 0 Å². The number of nitrogens with zero attached hydrogens (tertiary/aromatic N) is 1. The molecule has 0 fully saturated rings. The summed E-state index contributed by atoms with van der Waals surface area (Å²) in [7, 11) is 0. The lowest BCUT2D eigenvalue weighted by atomic mass is 9.93. The van der Waals surface area contributed by atoms with Crippen LogP contribution in [0.15, 0.2) is 150 Å². The van der Waals surface area contributed by atoms with Crippen molar-refractivity contribution in [2.45, 2.75) is 12.3 Å². The monoisotopic (exact) mass is 541 g/mol. The fourth-order valence-electron chi connectivity index (χ4n) is 6.75. The Morgan fingerprint density at radius 1 is 0.595 bits per heavy atom.